The van der Waals surface area contributed by atoms with Crippen LogP contribution in [0.3, 0.4) is 0 Å². The van der Waals surface area contributed by atoms with Crippen LogP contribution >= 0.6 is 23.1 Å². The zero-order valence-electron chi connectivity index (χ0n) is 10.8. The lowest BCUT2D eigenvalue weighted by molar-refractivity contribution is 0.100. The molecule has 0 fully saturated rings. The molecule has 3 nitrogen and oxygen atoms in total. The van der Waals surface area contributed by atoms with Gasteiger partial charge < -0.3 is 5.73 Å². The molecule has 100 valence electrons. The highest BCUT2D eigenvalue weighted by Gasteiger charge is 2.08. The standard InChI is InChI=1S/C15H12N2OS2/c1-9-2-5-11(6-3-9)19-13-7-4-10-8-12(14(16)18)20-15(10)17-13/h2-8H,1H3,(H2,16,18). The molecule has 2 aromatic heterocycles. The van der Waals surface area contributed by atoms with Crippen LogP contribution in [0.4, 0.5) is 0 Å². The molecule has 2 N–H and O–H groups in total. The zero-order valence-corrected chi connectivity index (χ0v) is 12.4. The number of benzene rings is 1. The van der Waals surface area contributed by atoms with E-state index in [4.69, 9.17) is 5.73 Å². The average molecular weight is 300 g/mol. The van der Waals surface area contributed by atoms with Crippen LogP contribution < -0.4 is 5.73 Å². The Bertz CT molecular complexity index is 778. The number of hydrogen-bond acceptors (Lipinski definition) is 4. The highest BCUT2D eigenvalue weighted by atomic mass is 32.2. The molecule has 1 amide bonds. The van der Waals surface area contributed by atoms with Gasteiger partial charge in [-0.3, -0.25) is 4.79 Å². The number of carbonyl (C=O) groups excluding carboxylic acids is 1. The molecule has 0 aliphatic heterocycles. The van der Waals surface area contributed by atoms with Gasteiger partial charge in [-0.1, -0.05) is 29.5 Å². The third-order valence-corrected chi connectivity index (χ3v) is 4.85. The predicted octanol–water partition coefficient (Wildman–Crippen LogP) is 3.85. The van der Waals surface area contributed by atoms with Gasteiger partial charge in [-0.05, 0) is 37.3 Å². The minimum absolute atomic E-state index is 0.402. The van der Waals surface area contributed by atoms with E-state index in [-0.39, 0.29) is 0 Å². The summed E-state index contributed by atoms with van der Waals surface area (Å²) in [5.41, 5.74) is 6.53. The van der Waals surface area contributed by atoms with Crippen LogP contribution in [0.5, 0.6) is 0 Å². The fraction of sp³-hybridized carbons (Fsp3) is 0.0667. The summed E-state index contributed by atoms with van der Waals surface area (Å²) in [6.07, 6.45) is 0. The Balaban J connectivity index is 1.92. The van der Waals surface area contributed by atoms with Crippen molar-refractivity contribution in [1.29, 1.82) is 0 Å². The van der Waals surface area contributed by atoms with Crippen molar-refractivity contribution in [3.05, 3.63) is 52.9 Å². The monoisotopic (exact) mass is 300 g/mol. The van der Waals surface area contributed by atoms with Crippen molar-refractivity contribution >= 4 is 39.2 Å². The van der Waals surface area contributed by atoms with Crippen LogP contribution in [0, 0.1) is 6.92 Å². The SMILES string of the molecule is Cc1ccc(Sc2ccc3cc(C(N)=O)sc3n2)cc1. The lowest BCUT2D eigenvalue weighted by Gasteiger charge is -2.01. The average Bonchev–Trinajstić information content (AvgIpc) is 2.85. The number of primary amides is 1. The first-order valence-corrected chi connectivity index (χ1v) is 7.70. The normalized spacial score (nSPS) is 10.8. The summed E-state index contributed by atoms with van der Waals surface area (Å²) >= 11 is 2.94. The van der Waals surface area contributed by atoms with Crippen molar-refractivity contribution in [2.24, 2.45) is 5.73 Å². The molecule has 5 heteroatoms. The number of thiophene rings is 1. The van der Waals surface area contributed by atoms with Gasteiger partial charge >= 0.3 is 0 Å². The molecule has 0 aliphatic rings. The third kappa shape index (κ3) is 2.69. The Hall–Kier alpha value is -1.85. The molecule has 20 heavy (non-hydrogen) atoms. The van der Waals surface area contributed by atoms with Gasteiger partial charge in [-0.2, -0.15) is 0 Å². The molecule has 0 radical (unpaired) electrons. The van der Waals surface area contributed by atoms with Gasteiger partial charge in [0.05, 0.1) is 4.88 Å². The zero-order chi connectivity index (χ0) is 14.1. The second kappa shape index (κ2) is 5.26. The number of hydrogen-bond donors (Lipinski definition) is 1. The van der Waals surface area contributed by atoms with Gasteiger partial charge in [-0.15, -0.1) is 11.3 Å². The van der Waals surface area contributed by atoms with Crippen molar-refractivity contribution in [3.8, 4) is 0 Å². The summed E-state index contributed by atoms with van der Waals surface area (Å²) in [5, 5.41) is 1.87. The first-order chi connectivity index (χ1) is 9.61. The molecule has 0 unspecified atom stereocenters. The highest BCUT2D eigenvalue weighted by Crippen LogP contribution is 2.30. The Labute approximate surface area is 124 Å². The van der Waals surface area contributed by atoms with E-state index in [9.17, 15) is 4.79 Å². The second-order valence-electron chi connectivity index (χ2n) is 4.43. The second-order valence-corrected chi connectivity index (χ2v) is 6.56. The van der Waals surface area contributed by atoms with Crippen molar-refractivity contribution < 1.29 is 4.79 Å². The Morgan fingerprint density at radius 2 is 1.95 bits per heavy atom. The molecule has 0 bridgehead atoms. The summed E-state index contributed by atoms with van der Waals surface area (Å²) in [4.78, 5) is 18.3. The fourth-order valence-corrected chi connectivity index (χ4v) is 3.53. The molecule has 2 heterocycles. The lowest BCUT2D eigenvalue weighted by Crippen LogP contribution is -2.07. The molecule has 0 aliphatic carbocycles. The molecule has 3 aromatic rings. The minimum atomic E-state index is -0.402. The van der Waals surface area contributed by atoms with Crippen LogP contribution in [0.2, 0.25) is 0 Å². The number of pyridine rings is 1. The van der Waals surface area contributed by atoms with Gasteiger partial charge in [0.1, 0.15) is 9.86 Å². The molecule has 0 atom stereocenters. The first kappa shape index (κ1) is 13.1. The summed E-state index contributed by atoms with van der Waals surface area (Å²) in [6, 6.07) is 14.0. The molecule has 0 saturated carbocycles. The molecule has 1 aromatic carbocycles. The van der Waals surface area contributed by atoms with E-state index in [2.05, 4.69) is 36.2 Å². The number of rotatable bonds is 3. The quantitative estimate of drug-likeness (QED) is 0.799. The topological polar surface area (TPSA) is 56.0 Å². The maximum atomic E-state index is 11.2. The van der Waals surface area contributed by atoms with Crippen molar-refractivity contribution in [1.82, 2.24) is 4.98 Å². The van der Waals surface area contributed by atoms with E-state index >= 15 is 0 Å². The molecular weight excluding hydrogens is 288 g/mol. The Kier molecular flexibility index (Phi) is 3.46. The van der Waals surface area contributed by atoms with Gasteiger partial charge in [0.2, 0.25) is 0 Å². The van der Waals surface area contributed by atoms with Crippen LogP contribution in [-0.2, 0) is 0 Å². The molecule has 3 rings (SSSR count). The van der Waals surface area contributed by atoms with Crippen LogP contribution in [0.1, 0.15) is 15.2 Å². The van der Waals surface area contributed by atoms with E-state index in [0.29, 0.717) is 4.88 Å². The predicted molar refractivity (Wildman–Crippen MR) is 83.4 cm³/mol. The van der Waals surface area contributed by atoms with E-state index < -0.39 is 5.91 Å². The number of amides is 1. The Morgan fingerprint density at radius 3 is 2.65 bits per heavy atom. The number of fused-ring (bicyclic) bond motifs is 1. The minimum Gasteiger partial charge on any atom is -0.365 e. The van der Waals surface area contributed by atoms with Gasteiger partial charge in [0.25, 0.3) is 5.91 Å². The van der Waals surface area contributed by atoms with E-state index in [0.717, 1.165) is 20.1 Å². The summed E-state index contributed by atoms with van der Waals surface area (Å²) in [7, 11) is 0. The van der Waals surface area contributed by atoms with Crippen molar-refractivity contribution in [2.45, 2.75) is 16.8 Å². The van der Waals surface area contributed by atoms with Crippen molar-refractivity contribution in [2.75, 3.05) is 0 Å². The van der Waals surface area contributed by atoms with E-state index in [1.807, 2.05) is 12.1 Å². The number of nitrogens with two attached hydrogens (primary N) is 1. The maximum Gasteiger partial charge on any atom is 0.258 e. The van der Waals surface area contributed by atoms with Crippen LogP contribution in [0.25, 0.3) is 10.2 Å². The molecular formula is C15H12N2OS2. The largest absolute Gasteiger partial charge is 0.365 e. The third-order valence-electron chi connectivity index (χ3n) is 2.84. The van der Waals surface area contributed by atoms with Crippen LogP contribution in [0.15, 0.2) is 52.4 Å². The fourth-order valence-electron chi connectivity index (χ4n) is 1.81. The number of carbonyl (C=O) groups is 1. The summed E-state index contributed by atoms with van der Waals surface area (Å²) in [6.45, 7) is 2.07. The van der Waals surface area contributed by atoms with E-state index in [1.54, 1.807) is 17.8 Å². The smallest absolute Gasteiger partial charge is 0.258 e. The highest BCUT2D eigenvalue weighted by molar-refractivity contribution is 7.99. The van der Waals surface area contributed by atoms with Gasteiger partial charge in [0.15, 0.2) is 0 Å². The maximum absolute atomic E-state index is 11.2. The number of aromatic nitrogens is 1. The number of nitrogens with zero attached hydrogens (tertiary/aromatic N) is 1. The van der Waals surface area contributed by atoms with Crippen LogP contribution in [-0.4, -0.2) is 10.9 Å². The molecule has 0 spiro atoms. The first-order valence-electron chi connectivity index (χ1n) is 6.07. The summed E-state index contributed by atoms with van der Waals surface area (Å²) < 4.78 is 0. The van der Waals surface area contributed by atoms with Gasteiger partial charge in [0, 0.05) is 10.3 Å². The van der Waals surface area contributed by atoms with Gasteiger partial charge in [-0.25, -0.2) is 4.98 Å². The van der Waals surface area contributed by atoms with E-state index in [1.165, 1.54) is 16.9 Å². The lowest BCUT2D eigenvalue weighted by atomic mass is 10.2. The Morgan fingerprint density at radius 1 is 1.20 bits per heavy atom. The number of aryl methyl sites for hydroxylation is 1. The van der Waals surface area contributed by atoms with Crippen molar-refractivity contribution in [3.63, 3.8) is 0 Å². The summed E-state index contributed by atoms with van der Waals surface area (Å²) in [5.74, 6) is -0.402. The molecule has 0 saturated heterocycles.